The molecular formula is C40H46N4O4. The van der Waals surface area contributed by atoms with Gasteiger partial charge in [0.2, 0.25) is 0 Å². The zero-order chi connectivity index (χ0) is 33.5. The lowest BCUT2D eigenvalue weighted by molar-refractivity contribution is -0.154. The smallest absolute Gasteiger partial charge is 0.323 e. The predicted octanol–water partition coefficient (Wildman–Crippen LogP) is 7.88. The minimum absolute atomic E-state index is 0.134. The third-order valence-corrected chi connectivity index (χ3v) is 9.02. The molecule has 2 fully saturated rings. The Bertz CT molecular complexity index is 1790. The molecule has 8 heteroatoms. The zero-order valence-electron chi connectivity index (χ0n) is 28.5. The van der Waals surface area contributed by atoms with Crippen LogP contribution in [0.15, 0.2) is 66.9 Å². The first-order valence-corrected chi connectivity index (χ1v) is 17.0. The standard InChI is InChI=1S/C40H46N4O4/c1-28-29(10-9-21-48-38-13-7-8-20-47-38)24-31(40(2,3)4)25-37(28)43-39(45)42-36-17-16-33(34-11-5-6-12-35(34)36)30-14-15-32(41-26-30)27-44-18-22-46-23-19-44/h5-6,11-12,14-17,24-26,38H,7-8,13,18-23,27H2,1-4H3,(H2,42,43,45). The summed E-state index contributed by atoms with van der Waals surface area (Å²) in [6, 6.07) is 20.2. The quantitative estimate of drug-likeness (QED) is 0.199. The summed E-state index contributed by atoms with van der Waals surface area (Å²) in [6.07, 6.45) is 4.87. The van der Waals surface area contributed by atoms with Gasteiger partial charge in [-0.25, -0.2) is 4.79 Å². The maximum atomic E-state index is 13.5. The SMILES string of the molecule is Cc1c(C#CCOC2CCCCO2)cc(C(C)(C)C)cc1NC(=O)Nc1ccc(-c2ccc(CN3CCOCC3)nc2)c2ccccc12. The molecule has 2 N–H and O–H groups in total. The number of fused-ring (bicyclic) bond motifs is 1. The lowest BCUT2D eigenvalue weighted by Crippen LogP contribution is -2.35. The van der Waals surface area contributed by atoms with Crippen molar-refractivity contribution >= 4 is 28.2 Å². The molecule has 0 aliphatic carbocycles. The molecule has 0 radical (unpaired) electrons. The first-order valence-electron chi connectivity index (χ1n) is 17.0. The first-order chi connectivity index (χ1) is 23.2. The maximum Gasteiger partial charge on any atom is 0.323 e. The van der Waals surface area contributed by atoms with Crippen LogP contribution >= 0.6 is 0 Å². The molecule has 0 bridgehead atoms. The molecule has 2 amide bonds. The number of amides is 2. The number of carbonyl (C=O) groups is 1. The largest absolute Gasteiger partial charge is 0.379 e. The third kappa shape index (κ3) is 8.41. The number of urea groups is 1. The lowest BCUT2D eigenvalue weighted by atomic mass is 9.84. The fourth-order valence-electron chi connectivity index (χ4n) is 6.12. The third-order valence-electron chi connectivity index (χ3n) is 9.02. The van der Waals surface area contributed by atoms with E-state index in [1.807, 2.05) is 43.5 Å². The summed E-state index contributed by atoms with van der Waals surface area (Å²) in [5, 5.41) is 8.22. The van der Waals surface area contributed by atoms with Crippen molar-refractivity contribution in [2.24, 2.45) is 0 Å². The fraction of sp³-hybridized carbons (Fsp3) is 0.400. The van der Waals surface area contributed by atoms with Crippen molar-refractivity contribution in [3.8, 4) is 23.0 Å². The van der Waals surface area contributed by atoms with Crippen molar-refractivity contribution in [1.29, 1.82) is 0 Å². The van der Waals surface area contributed by atoms with Crippen LogP contribution in [0.25, 0.3) is 21.9 Å². The van der Waals surface area contributed by atoms with Gasteiger partial charge in [0.1, 0.15) is 6.61 Å². The number of nitrogens with zero attached hydrogens (tertiary/aromatic N) is 2. The molecule has 3 aromatic carbocycles. The number of benzene rings is 3. The van der Waals surface area contributed by atoms with Crippen LogP contribution in [0.4, 0.5) is 16.2 Å². The highest BCUT2D eigenvalue weighted by Gasteiger charge is 2.19. The summed E-state index contributed by atoms with van der Waals surface area (Å²) in [4.78, 5) is 20.7. The molecule has 3 heterocycles. The maximum absolute atomic E-state index is 13.5. The van der Waals surface area contributed by atoms with Crippen molar-refractivity contribution in [3.05, 3.63) is 89.2 Å². The number of anilines is 2. The minimum Gasteiger partial charge on any atom is -0.379 e. The summed E-state index contributed by atoms with van der Waals surface area (Å²) in [7, 11) is 0. The van der Waals surface area contributed by atoms with Gasteiger partial charge in [0.05, 0.1) is 24.6 Å². The highest BCUT2D eigenvalue weighted by Crippen LogP contribution is 2.34. The Hall–Kier alpha value is -4.26. The summed E-state index contributed by atoms with van der Waals surface area (Å²) >= 11 is 0. The molecule has 250 valence electrons. The number of ether oxygens (including phenoxy) is 3. The molecule has 8 nitrogen and oxygen atoms in total. The molecule has 2 aliphatic rings. The Labute approximate surface area is 284 Å². The number of nitrogens with one attached hydrogen (secondary N) is 2. The Morgan fingerprint density at radius 1 is 0.979 bits per heavy atom. The van der Waals surface area contributed by atoms with E-state index in [1.165, 1.54) is 0 Å². The number of pyridine rings is 1. The van der Waals surface area contributed by atoms with Gasteiger partial charge in [-0.05, 0) is 77.9 Å². The lowest BCUT2D eigenvalue weighted by Gasteiger charge is -2.26. The molecular weight excluding hydrogens is 600 g/mol. The highest BCUT2D eigenvalue weighted by molar-refractivity contribution is 6.10. The monoisotopic (exact) mass is 646 g/mol. The predicted molar refractivity (Wildman–Crippen MR) is 192 cm³/mol. The highest BCUT2D eigenvalue weighted by atomic mass is 16.7. The van der Waals surface area contributed by atoms with Crippen LogP contribution in [0.5, 0.6) is 0 Å². The molecule has 1 unspecified atom stereocenters. The van der Waals surface area contributed by atoms with Gasteiger partial charge in [-0.1, -0.05) is 69.0 Å². The topological polar surface area (TPSA) is 85.0 Å². The molecule has 0 spiro atoms. The second-order valence-corrected chi connectivity index (χ2v) is 13.6. The van der Waals surface area contributed by atoms with Gasteiger partial charge >= 0.3 is 6.03 Å². The first kappa shape index (κ1) is 33.6. The number of hydrogen-bond acceptors (Lipinski definition) is 6. The molecule has 0 saturated carbocycles. The van der Waals surface area contributed by atoms with Crippen LogP contribution in [0.3, 0.4) is 0 Å². The van der Waals surface area contributed by atoms with Gasteiger partial charge in [-0.3, -0.25) is 9.88 Å². The number of carbonyl (C=O) groups excluding carboxylic acids is 1. The van der Waals surface area contributed by atoms with Crippen molar-refractivity contribution in [2.75, 3.05) is 50.2 Å². The van der Waals surface area contributed by atoms with Crippen LogP contribution < -0.4 is 10.6 Å². The van der Waals surface area contributed by atoms with Crippen LogP contribution in [-0.4, -0.2) is 61.7 Å². The van der Waals surface area contributed by atoms with E-state index < -0.39 is 0 Å². The molecule has 4 aromatic rings. The molecule has 2 saturated heterocycles. The van der Waals surface area contributed by atoms with Crippen LogP contribution in [0.1, 0.15) is 62.4 Å². The summed E-state index contributed by atoms with van der Waals surface area (Å²) < 4.78 is 17.0. The molecule has 1 aromatic heterocycles. The van der Waals surface area contributed by atoms with Crippen LogP contribution in [-0.2, 0) is 26.2 Å². The van der Waals surface area contributed by atoms with Crippen LogP contribution in [0, 0.1) is 18.8 Å². The molecule has 6 rings (SSSR count). The minimum atomic E-state index is -0.312. The second-order valence-electron chi connectivity index (χ2n) is 13.6. The number of rotatable bonds is 7. The van der Waals surface area contributed by atoms with Crippen LogP contribution in [0.2, 0.25) is 0 Å². The van der Waals surface area contributed by atoms with E-state index in [0.717, 1.165) is 114 Å². The average molecular weight is 647 g/mol. The Kier molecular flexibility index (Phi) is 10.7. The van der Waals surface area contributed by atoms with Crippen molar-refractivity contribution in [2.45, 2.75) is 65.2 Å². The molecule has 1 atom stereocenters. The average Bonchev–Trinajstić information content (AvgIpc) is 3.09. The Balaban J connectivity index is 1.18. The summed E-state index contributed by atoms with van der Waals surface area (Å²) in [6.45, 7) is 13.7. The molecule has 2 aliphatic heterocycles. The number of aromatic nitrogens is 1. The van der Waals surface area contributed by atoms with Crippen molar-refractivity contribution < 1.29 is 19.0 Å². The number of hydrogen-bond donors (Lipinski definition) is 2. The number of morpholine rings is 1. The van der Waals surface area contributed by atoms with E-state index in [1.54, 1.807) is 0 Å². The van der Waals surface area contributed by atoms with Gasteiger partial charge in [0.25, 0.3) is 0 Å². The van der Waals surface area contributed by atoms with Crippen molar-refractivity contribution in [3.63, 3.8) is 0 Å². The zero-order valence-corrected chi connectivity index (χ0v) is 28.5. The van der Waals surface area contributed by atoms with Gasteiger partial charge in [0, 0.05) is 54.6 Å². The van der Waals surface area contributed by atoms with Crippen molar-refractivity contribution in [1.82, 2.24) is 9.88 Å². The van der Waals surface area contributed by atoms with Gasteiger partial charge in [-0.15, -0.1) is 0 Å². The Morgan fingerprint density at radius 2 is 1.77 bits per heavy atom. The fourth-order valence-corrected chi connectivity index (χ4v) is 6.12. The van der Waals surface area contributed by atoms with E-state index in [2.05, 4.69) is 78.5 Å². The van der Waals surface area contributed by atoms with E-state index in [-0.39, 0.29) is 17.7 Å². The van der Waals surface area contributed by atoms with E-state index in [0.29, 0.717) is 6.61 Å². The van der Waals surface area contributed by atoms with Gasteiger partial charge < -0.3 is 24.8 Å². The van der Waals surface area contributed by atoms with E-state index >= 15 is 0 Å². The normalized spacial score (nSPS) is 17.0. The van der Waals surface area contributed by atoms with E-state index in [9.17, 15) is 4.79 Å². The Morgan fingerprint density at radius 3 is 2.50 bits per heavy atom. The molecule has 48 heavy (non-hydrogen) atoms. The summed E-state index contributed by atoms with van der Waals surface area (Å²) in [5.74, 6) is 6.44. The summed E-state index contributed by atoms with van der Waals surface area (Å²) in [5.41, 5.74) is 7.33. The van der Waals surface area contributed by atoms with E-state index in [4.69, 9.17) is 19.2 Å². The second kappa shape index (κ2) is 15.3. The van der Waals surface area contributed by atoms with Gasteiger partial charge in [0.15, 0.2) is 6.29 Å². The van der Waals surface area contributed by atoms with Gasteiger partial charge in [-0.2, -0.15) is 0 Å².